The molecule has 1 atom stereocenters. The van der Waals surface area contributed by atoms with Gasteiger partial charge in [0.25, 0.3) is 17.5 Å². The standard InChI is InChI=1S/C20H17ClF3N3O6/c1-31-13-7-10(8-14(32-2)15(13)33-3)16(28)25-19(20(22,23)24)17(29)27(18(30)26-19)12-6-4-5-11(21)9-12/h4-9H,1-3H3,(H,25,28)(H,26,30)/t19-/m1/s1. The summed E-state index contributed by atoms with van der Waals surface area (Å²) in [6, 6.07) is 5.90. The number of benzene rings is 2. The number of hydrogen-bond acceptors (Lipinski definition) is 6. The molecule has 33 heavy (non-hydrogen) atoms. The molecule has 0 aliphatic carbocycles. The molecule has 2 aromatic carbocycles. The van der Waals surface area contributed by atoms with Gasteiger partial charge in [0, 0.05) is 10.6 Å². The molecule has 1 aliphatic heterocycles. The number of rotatable bonds is 6. The first kappa shape index (κ1) is 24.0. The van der Waals surface area contributed by atoms with E-state index < -0.39 is 29.7 Å². The van der Waals surface area contributed by atoms with E-state index in [1.54, 1.807) is 10.6 Å². The molecule has 1 saturated heterocycles. The lowest BCUT2D eigenvalue weighted by atomic mass is 10.1. The zero-order chi connectivity index (χ0) is 24.6. The monoisotopic (exact) mass is 487 g/mol. The van der Waals surface area contributed by atoms with Gasteiger partial charge in [-0.1, -0.05) is 17.7 Å². The summed E-state index contributed by atoms with van der Waals surface area (Å²) in [5, 5.41) is 3.25. The van der Waals surface area contributed by atoms with Gasteiger partial charge in [0.1, 0.15) is 0 Å². The van der Waals surface area contributed by atoms with E-state index in [1.807, 2.05) is 0 Å². The number of carbonyl (C=O) groups excluding carboxylic acids is 3. The Bertz CT molecular complexity index is 1100. The largest absolute Gasteiger partial charge is 0.493 e. The molecular formula is C20H17ClF3N3O6. The normalized spacial score (nSPS) is 18.1. The van der Waals surface area contributed by atoms with Gasteiger partial charge >= 0.3 is 12.2 Å². The molecule has 4 amide bonds. The lowest BCUT2D eigenvalue weighted by Gasteiger charge is -2.30. The van der Waals surface area contributed by atoms with Crippen molar-refractivity contribution in [1.29, 1.82) is 0 Å². The number of nitrogens with one attached hydrogen (secondary N) is 2. The van der Waals surface area contributed by atoms with Crippen LogP contribution < -0.4 is 29.7 Å². The highest BCUT2D eigenvalue weighted by atomic mass is 35.5. The molecule has 3 rings (SSSR count). The lowest BCUT2D eigenvalue weighted by molar-refractivity contribution is -0.197. The van der Waals surface area contributed by atoms with E-state index in [1.165, 1.54) is 39.5 Å². The number of methoxy groups -OCH3 is 3. The van der Waals surface area contributed by atoms with Crippen molar-refractivity contribution < 1.29 is 41.8 Å². The van der Waals surface area contributed by atoms with E-state index in [0.29, 0.717) is 0 Å². The van der Waals surface area contributed by atoms with Gasteiger partial charge in [-0.3, -0.25) is 14.9 Å². The Morgan fingerprint density at radius 3 is 2.15 bits per heavy atom. The Kier molecular flexibility index (Phi) is 6.32. The number of ether oxygens (including phenoxy) is 3. The van der Waals surface area contributed by atoms with Crippen LogP contribution in [-0.4, -0.2) is 51.0 Å². The van der Waals surface area contributed by atoms with Crippen molar-refractivity contribution in [3.63, 3.8) is 0 Å². The molecule has 1 heterocycles. The van der Waals surface area contributed by atoms with Crippen molar-refractivity contribution >= 4 is 35.1 Å². The van der Waals surface area contributed by atoms with Crippen molar-refractivity contribution in [2.45, 2.75) is 11.8 Å². The first-order chi connectivity index (χ1) is 15.5. The zero-order valence-electron chi connectivity index (χ0n) is 17.4. The number of anilines is 1. The van der Waals surface area contributed by atoms with Crippen LogP contribution in [0.2, 0.25) is 5.02 Å². The molecule has 9 nitrogen and oxygen atoms in total. The fourth-order valence-corrected chi connectivity index (χ4v) is 3.37. The summed E-state index contributed by atoms with van der Waals surface area (Å²) in [6.45, 7) is 0. The van der Waals surface area contributed by atoms with Crippen molar-refractivity contribution in [2.24, 2.45) is 0 Å². The maximum absolute atomic E-state index is 14.1. The number of alkyl halides is 3. The highest BCUT2D eigenvalue weighted by Gasteiger charge is 2.69. The molecule has 2 aromatic rings. The van der Waals surface area contributed by atoms with Crippen LogP contribution in [0.25, 0.3) is 0 Å². The van der Waals surface area contributed by atoms with Crippen LogP contribution in [0, 0.1) is 0 Å². The highest BCUT2D eigenvalue weighted by Crippen LogP contribution is 2.40. The summed E-state index contributed by atoms with van der Waals surface area (Å²) in [5.74, 6) is -3.02. The predicted molar refractivity (Wildman–Crippen MR) is 110 cm³/mol. The van der Waals surface area contributed by atoms with Crippen LogP contribution in [0.3, 0.4) is 0 Å². The molecule has 0 saturated carbocycles. The third kappa shape index (κ3) is 4.09. The SMILES string of the molecule is COc1cc(C(=O)N[C@@]2(C(F)(F)F)NC(=O)N(c3cccc(Cl)c3)C2=O)cc(OC)c1OC. The summed E-state index contributed by atoms with van der Waals surface area (Å²) in [4.78, 5) is 38.4. The average Bonchev–Trinajstić information content (AvgIpc) is 3.02. The van der Waals surface area contributed by atoms with Crippen LogP contribution in [-0.2, 0) is 4.79 Å². The molecule has 176 valence electrons. The topological polar surface area (TPSA) is 106 Å². The van der Waals surface area contributed by atoms with Gasteiger partial charge in [0.15, 0.2) is 11.5 Å². The van der Waals surface area contributed by atoms with Gasteiger partial charge in [-0.25, -0.2) is 9.69 Å². The minimum absolute atomic E-state index is 0.00889. The molecule has 0 radical (unpaired) electrons. The molecule has 0 bridgehead atoms. The minimum atomic E-state index is -5.40. The predicted octanol–water partition coefficient (Wildman–Crippen LogP) is 3.11. The van der Waals surface area contributed by atoms with E-state index in [9.17, 15) is 27.6 Å². The first-order valence-electron chi connectivity index (χ1n) is 9.10. The molecule has 2 N–H and O–H groups in total. The van der Waals surface area contributed by atoms with E-state index in [2.05, 4.69) is 0 Å². The van der Waals surface area contributed by atoms with Crippen LogP contribution in [0.15, 0.2) is 36.4 Å². The smallest absolute Gasteiger partial charge is 0.440 e. The maximum Gasteiger partial charge on any atom is 0.440 e. The number of amides is 4. The summed E-state index contributed by atoms with van der Waals surface area (Å²) in [7, 11) is 3.80. The fourth-order valence-electron chi connectivity index (χ4n) is 3.18. The Morgan fingerprint density at radius 2 is 1.67 bits per heavy atom. The number of nitrogens with zero attached hydrogens (tertiary/aromatic N) is 1. The fraction of sp³-hybridized carbons (Fsp3) is 0.250. The summed E-state index contributed by atoms with van der Waals surface area (Å²) < 4.78 is 57.7. The van der Waals surface area contributed by atoms with Crippen LogP contribution in [0.1, 0.15) is 10.4 Å². The Balaban J connectivity index is 2.04. The van der Waals surface area contributed by atoms with Gasteiger partial charge in [0.2, 0.25) is 5.75 Å². The molecule has 13 heteroatoms. The zero-order valence-corrected chi connectivity index (χ0v) is 18.1. The van der Waals surface area contributed by atoms with Crippen molar-refractivity contribution in [3.8, 4) is 17.2 Å². The minimum Gasteiger partial charge on any atom is -0.493 e. The van der Waals surface area contributed by atoms with E-state index in [0.717, 1.165) is 18.2 Å². The van der Waals surface area contributed by atoms with Gasteiger partial charge in [-0.05, 0) is 30.3 Å². The molecule has 0 spiro atoms. The Labute approximate surface area is 190 Å². The van der Waals surface area contributed by atoms with Crippen LogP contribution >= 0.6 is 11.6 Å². The Morgan fingerprint density at radius 1 is 1.06 bits per heavy atom. The van der Waals surface area contributed by atoms with Gasteiger partial charge < -0.3 is 19.5 Å². The second kappa shape index (κ2) is 8.70. The average molecular weight is 488 g/mol. The number of hydrogen-bond donors (Lipinski definition) is 2. The summed E-state index contributed by atoms with van der Waals surface area (Å²) in [5.41, 5.74) is -4.29. The molecule has 0 unspecified atom stereocenters. The third-order valence-corrected chi connectivity index (χ3v) is 4.98. The van der Waals surface area contributed by atoms with Crippen LogP contribution in [0.5, 0.6) is 17.2 Å². The second-order valence-corrected chi connectivity index (χ2v) is 7.10. The lowest BCUT2D eigenvalue weighted by Crippen LogP contribution is -2.69. The third-order valence-electron chi connectivity index (χ3n) is 4.74. The van der Waals surface area contributed by atoms with E-state index in [4.69, 9.17) is 25.8 Å². The molecule has 1 aliphatic rings. The van der Waals surface area contributed by atoms with Crippen molar-refractivity contribution in [3.05, 3.63) is 47.0 Å². The molecular weight excluding hydrogens is 471 g/mol. The van der Waals surface area contributed by atoms with E-state index in [-0.39, 0.29) is 38.4 Å². The molecule has 1 fully saturated rings. The number of urea groups is 1. The molecule has 0 aromatic heterocycles. The second-order valence-electron chi connectivity index (χ2n) is 6.67. The quantitative estimate of drug-likeness (QED) is 0.606. The highest BCUT2D eigenvalue weighted by molar-refractivity contribution is 6.31. The Hall–Kier alpha value is -3.67. The van der Waals surface area contributed by atoms with Crippen molar-refractivity contribution in [2.75, 3.05) is 26.2 Å². The van der Waals surface area contributed by atoms with Gasteiger partial charge in [-0.15, -0.1) is 0 Å². The first-order valence-corrected chi connectivity index (χ1v) is 9.48. The maximum atomic E-state index is 14.1. The number of imide groups is 1. The number of halogens is 4. The van der Waals surface area contributed by atoms with E-state index >= 15 is 0 Å². The van der Waals surface area contributed by atoms with Crippen molar-refractivity contribution in [1.82, 2.24) is 10.6 Å². The van der Waals surface area contributed by atoms with Crippen LogP contribution in [0.4, 0.5) is 23.7 Å². The van der Waals surface area contributed by atoms with Gasteiger partial charge in [-0.2, -0.15) is 13.2 Å². The summed E-state index contributed by atoms with van der Waals surface area (Å²) in [6.07, 6.45) is -5.40. The van der Waals surface area contributed by atoms with Gasteiger partial charge in [0.05, 0.1) is 27.0 Å². The number of carbonyl (C=O) groups is 3. The summed E-state index contributed by atoms with van der Waals surface area (Å²) >= 11 is 5.83.